The second-order valence-electron chi connectivity index (χ2n) is 8.68. The molecule has 1 aliphatic carbocycles. The van der Waals surface area contributed by atoms with E-state index in [2.05, 4.69) is 10.6 Å². The number of benzene rings is 2. The summed E-state index contributed by atoms with van der Waals surface area (Å²) >= 11 is 6.18. The summed E-state index contributed by atoms with van der Waals surface area (Å²) in [6.45, 7) is -0.995. The molecule has 2 aromatic carbocycles. The Morgan fingerprint density at radius 1 is 1.03 bits per heavy atom. The molecule has 0 spiro atoms. The van der Waals surface area contributed by atoms with E-state index >= 15 is 0 Å². The molecule has 37 heavy (non-hydrogen) atoms. The fourth-order valence-corrected chi connectivity index (χ4v) is 4.70. The number of halogens is 1. The number of nitrogens with one attached hydrogen (secondary N) is 2. The number of amides is 2. The lowest BCUT2D eigenvalue weighted by molar-refractivity contribution is -0.123. The number of para-hydroxylation sites is 1. The Balaban J connectivity index is 1.65. The summed E-state index contributed by atoms with van der Waals surface area (Å²) in [6.07, 6.45) is 1.30. The van der Waals surface area contributed by atoms with E-state index in [1.54, 1.807) is 18.2 Å². The van der Waals surface area contributed by atoms with Crippen molar-refractivity contribution >= 4 is 40.0 Å². The van der Waals surface area contributed by atoms with Crippen LogP contribution in [0, 0.1) is 0 Å². The predicted octanol–water partition coefficient (Wildman–Crippen LogP) is 1.50. The fourth-order valence-electron chi connectivity index (χ4n) is 4.46. The van der Waals surface area contributed by atoms with Gasteiger partial charge in [0.2, 0.25) is 11.8 Å². The molecule has 1 saturated carbocycles. The van der Waals surface area contributed by atoms with Gasteiger partial charge < -0.3 is 25.2 Å². The topological polar surface area (TPSA) is 141 Å². The molecule has 1 aliphatic rings. The number of nitrogens with zero attached hydrogens (tertiary/aromatic N) is 2. The Kier molecular flexibility index (Phi) is 7.84. The average Bonchev–Trinajstić information content (AvgIpc) is 3.28. The lowest BCUT2D eigenvalue weighted by atomic mass is 10.2. The second kappa shape index (κ2) is 11.1. The van der Waals surface area contributed by atoms with Crippen molar-refractivity contribution < 1.29 is 24.2 Å². The predicted molar refractivity (Wildman–Crippen MR) is 137 cm³/mol. The van der Waals surface area contributed by atoms with Gasteiger partial charge in [0, 0.05) is 6.07 Å². The minimum atomic E-state index is -0.819. The first-order chi connectivity index (χ1) is 17.7. The van der Waals surface area contributed by atoms with Gasteiger partial charge in [-0.2, -0.15) is 0 Å². The van der Waals surface area contributed by atoms with Gasteiger partial charge in [-0.1, -0.05) is 23.7 Å². The molecule has 2 amide bonds. The van der Waals surface area contributed by atoms with Crippen LogP contribution >= 0.6 is 11.6 Å². The number of methoxy groups -OCH3 is 2. The van der Waals surface area contributed by atoms with Crippen LogP contribution in [0.5, 0.6) is 11.5 Å². The summed E-state index contributed by atoms with van der Waals surface area (Å²) in [6, 6.07) is 8.88. The Morgan fingerprint density at radius 3 is 2.41 bits per heavy atom. The summed E-state index contributed by atoms with van der Waals surface area (Å²) in [5.41, 5.74) is -0.961. The highest BCUT2D eigenvalue weighted by atomic mass is 35.5. The maximum atomic E-state index is 13.3. The molecular weight excluding hydrogens is 504 g/mol. The van der Waals surface area contributed by atoms with Gasteiger partial charge in [-0.25, -0.2) is 4.79 Å². The van der Waals surface area contributed by atoms with Crippen LogP contribution < -0.4 is 31.4 Å². The van der Waals surface area contributed by atoms with Gasteiger partial charge in [-0.15, -0.1) is 0 Å². The maximum absolute atomic E-state index is 13.3. The van der Waals surface area contributed by atoms with Crippen molar-refractivity contribution in [3.8, 4) is 11.5 Å². The van der Waals surface area contributed by atoms with E-state index in [0.29, 0.717) is 24.3 Å². The smallest absolute Gasteiger partial charge is 0.332 e. The van der Waals surface area contributed by atoms with Crippen molar-refractivity contribution in [2.75, 3.05) is 19.5 Å². The molecule has 1 fully saturated rings. The number of rotatable bonds is 8. The van der Waals surface area contributed by atoms with E-state index in [0.717, 1.165) is 15.6 Å². The Bertz CT molecular complexity index is 1470. The van der Waals surface area contributed by atoms with E-state index < -0.39 is 48.3 Å². The number of hydrogen-bond donors (Lipinski definition) is 3. The van der Waals surface area contributed by atoms with Crippen LogP contribution in [0.15, 0.2) is 46.0 Å². The molecule has 0 radical (unpaired) electrons. The van der Waals surface area contributed by atoms with Gasteiger partial charge in [-0.3, -0.25) is 23.5 Å². The molecule has 4 rings (SSSR count). The molecule has 1 heterocycles. The minimum absolute atomic E-state index is 0.175. The van der Waals surface area contributed by atoms with Crippen molar-refractivity contribution in [3.05, 3.63) is 62.3 Å². The van der Waals surface area contributed by atoms with Gasteiger partial charge in [-0.05, 0) is 37.5 Å². The van der Waals surface area contributed by atoms with Gasteiger partial charge in [0.25, 0.3) is 5.56 Å². The zero-order valence-corrected chi connectivity index (χ0v) is 21.1. The number of anilines is 1. The Labute approximate surface area is 216 Å². The van der Waals surface area contributed by atoms with E-state index in [1.807, 2.05) is 0 Å². The number of aliphatic hydroxyl groups excluding tert-OH is 1. The molecule has 1 aromatic heterocycles. The van der Waals surface area contributed by atoms with Gasteiger partial charge in [0.15, 0.2) is 0 Å². The summed E-state index contributed by atoms with van der Waals surface area (Å²) in [4.78, 5) is 52.1. The number of fused-ring (bicyclic) bond motifs is 1. The minimum Gasteiger partial charge on any atom is -0.495 e. The molecule has 0 aliphatic heterocycles. The number of carbonyl (C=O) groups is 2. The van der Waals surface area contributed by atoms with E-state index in [4.69, 9.17) is 21.1 Å². The second-order valence-corrected chi connectivity index (χ2v) is 9.09. The van der Waals surface area contributed by atoms with Gasteiger partial charge in [0.05, 0.1) is 48.0 Å². The first-order valence-electron chi connectivity index (χ1n) is 11.6. The summed E-state index contributed by atoms with van der Waals surface area (Å²) in [5.74, 6) is -0.513. The Morgan fingerprint density at radius 2 is 1.73 bits per heavy atom. The van der Waals surface area contributed by atoms with Crippen LogP contribution in [-0.4, -0.2) is 52.4 Å². The monoisotopic (exact) mass is 530 g/mol. The third kappa shape index (κ3) is 5.47. The van der Waals surface area contributed by atoms with Crippen molar-refractivity contribution in [1.29, 1.82) is 0 Å². The highest BCUT2D eigenvalue weighted by Crippen LogP contribution is 2.35. The van der Waals surface area contributed by atoms with Crippen LogP contribution in [0.25, 0.3) is 10.9 Å². The highest BCUT2D eigenvalue weighted by molar-refractivity contribution is 6.32. The molecule has 3 N–H and O–H groups in total. The highest BCUT2D eigenvalue weighted by Gasteiger charge is 2.27. The number of carbonyl (C=O) groups excluding carboxylic acids is 2. The van der Waals surface area contributed by atoms with Crippen molar-refractivity contribution in [2.24, 2.45) is 0 Å². The molecule has 2 atom stereocenters. The normalized spacial score (nSPS) is 17.0. The van der Waals surface area contributed by atoms with Crippen LogP contribution in [0.1, 0.15) is 19.3 Å². The molecule has 196 valence electrons. The van der Waals surface area contributed by atoms with Crippen molar-refractivity contribution in [3.63, 3.8) is 0 Å². The lowest BCUT2D eigenvalue weighted by Crippen LogP contribution is -2.47. The van der Waals surface area contributed by atoms with Crippen LogP contribution in [0.2, 0.25) is 5.02 Å². The first kappa shape index (κ1) is 26.2. The maximum Gasteiger partial charge on any atom is 0.332 e. The number of hydrogen-bond acceptors (Lipinski definition) is 7. The van der Waals surface area contributed by atoms with E-state index in [-0.39, 0.29) is 21.6 Å². The van der Waals surface area contributed by atoms with Gasteiger partial charge in [0.1, 0.15) is 24.6 Å². The van der Waals surface area contributed by atoms with Crippen LogP contribution in [0.3, 0.4) is 0 Å². The zero-order chi connectivity index (χ0) is 26.7. The standard InChI is InChI=1S/C25H27ClN4O7/c1-36-20-11-21(37-2)17(10-15(20)26)28-22(32)12-29-18-8-4-3-6-14(18)24(34)30(25(29)35)13-23(33)27-16-7-5-9-19(16)31/h3-4,6,8,10-11,16,19,31H,5,7,9,12-13H2,1-2H3,(H,27,33)(H,28,32)/t16-,19-/m0/s1. The third-order valence-electron chi connectivity index (χ3n) is 6.31. The van der Waals surface area contributed by atoms with E-state index in [9.17, 15) is 24.3 Å². The molecule has 0 bridgehead atoms. The average molecular weight is 531 g/mol. The van der Waals surface area contributed by atoms with Crippen molar-refractivity contribution in [2.45, 2.75) is 44.5 Å². The first-order valence-corrected chi connectivity index (χ1v) is 12.0. The number of aromatic nitrogens is 2. The fraction of sp³-hybridized carbons (Fsp3) is 0.360. The SMILES string of the molecule is COc1cc(OC)c(NC(=O)Cn2c(=O)n(CC(=O)N[C@H]3CCC[C@@H]3O)c(=O)c3ccccc32)cc1Cl. The van der Waals surface area contributed by atoms with E-state index in [1.165, 1.54) is 32.4 Å². The van der Waals surface area contributed by atoms with Crippen molar-refractivity contribution in [1.82, 2.24) is 14.5 Å². The molecular formula is C25H27ClN4O7. The molecule has 3 aromatic rings. The Hall–Kier alpha value is -3.83. The lowest BCUT2D eigenvalue weighted by Gasteiger charge is -2.18. The van der Waals surface area contributed by atoms with Crippen LogP contribution in [0.4, 0.5) is 5.69 Å². The number of aliphatic hydroxyl groups is 1. The van der Waals surface area contributed by atoms with Crippen LogP contribution in [-0.2, 0) is 22.7 Å². The quantitative estimate of drug-likeness (QED) is 0.401. The summed E-state index contributed by atoms with van der Waals surface area (Å²) in [7, 11) is 2.86. The largest absolute Gasteiger partial charge is 0.495 e. The summed E-state index contributed by atoms with van der Waals surface area (Å²) in [5, 5.41) is 15.8. The molecule has 11 nitrogen and oxygen atoms in total. The molecule has 0 unspecified atom stereocenters. The molecule has 0 saturated heterocycles. The third-order valence-corrected chi connectivity index (χ3v) is 6.60. The zero-order valence-electron chi connectivity index (χ0n) is 20.3. The van der Waals surface area contributed by atoms with Gasteiger partial charge >= 0.3 is 5.69 Å². The molecule has 12 heteroatoms. The summed E-state index contributed by atoms with van der Waals surface area (Å²) < 4.78 is 12.4. The number of ether oxygens (including phenoxy) is 2.